The number of sulfonamides is 1. The molecule has 0 saturated carbocycles. The molecule has 148 valence electrons. The molecule has 1 saturated heterocycles. The monoisotopic (exact) mass is 410 g/mol. The van der Waals surface area contributed by atoms with E-state index in [1.165, 1.54) is 0 Å². The van der Waals surface area contributed by atoms with Crippen LogP contribution in [0.15, 0.2) is 47.3 Å². The summed E-state index contributed by atoms with van der Waals surface area (Å²) in [6.07, 6.45) is 3.81. The van der Waals surface area contributed by atoms with Gasteiger partial charge in [-0.2, -0.15) is 11.8 Å². The first-order valence-electron chi connectivity index (χ1n) is 9.01. The second kappa shape index (κ2) is 9.64. The van der Waals surface area contributed by atoms with Gasteiger partial charge in [-0.1, -0.05) is 12.1 Å². The van der Waals surface area contributed by atoms with Gasteiger partial charge >= 0.3 is 0 Å². The summed E-state index contributed by atoms with van der Waals surface area (Å²) in [5, 5.41) is 0. The summed E-state index contributed by atoms with van der Waals surface area (Å²) < 4.78 is 38.1. The lowest BCUT2D eigenvalue weighted by molar-refractivity contribution is 0.218. The fraction of sp³-hybridized carbons (Fsp3) is 0.474. The Morgan fingerprint density at radius 2 is 1.96 bits per heavy atom. The van der Waals surface area contributed by atoms with Crippen LogP contribution in [0, 0.1) is 0 Å². The molecule has 1 aromatic carbocycles. The molecule has 0 amide bonds. The molecule has 0 spiro atoms. The van der Waals surface area contributed by atoms with Crippen LogP contribution in [-0.2, 0) is 16.4 Å². The van der Waals surface area contributed by atoms with Gasteiger partial charge in [0.15, 0.2) is 0 Å². The molecule has 6 nitrogen and oxygen atoms in total. The van der Waals surface area contributed by atoms with Gasteiger partial charge in [-0.3, -0.25) is 4.90 Å². The van der Waals surface area contributed by atoms with Gasteiger partial charge in [0, 0.05) is 36.7 Å². The van der Waals surface area contributed by atoms with Crippen LogP contribution < -0.4 is 9.46 Å². The van der Waals surface area contributed by atoms with Crippen LogP contribution in [0.1, 0.15) is 17.2 Å². The molecule has 1 aliphatic heterocycles. The highest BCUT2D eigenvalue weighted by molar-refractivity contribution is 7.99. The Kier molecular flexibility index (Phi) is 7.23. The van der Waals surface area contributed by atoms with Crippen LogP contribution in [0.4, 0.5) is 0 Å². The third kappa shape index (κ3) is 6.00. The van der Waals surface area contributed by atoms with Gasteiger partial charge in [0.2, 0.25) is 10.0 Å². The fourth-order valence-electron chi connectivity index (χ4n) is 3.13. The normalized spacial score (nSPS) is 16.9. The van der Waals surface area contributed by atoms with Gasteiger partial charge in [0.25, 0.3) is 0 Å². The SMILES string of the molecule is COc1ccc(CCS(=O)(=O)NC[C@@H](c2ccoc2)N2CCSCC2)cc1. The second-order valence-electron chi connectivity index (χ2n) is 6.49. The summed E-state index contributed by atoms with van der Waals surface area (Å²) in [7, 11) is -1.75. The van der Waals surface area contributed by atoms with Crippen LogP contribution >= 0.6 is 11.8 Å². The summed E-state index contributed by atoms with van der Waals surface area (Å²) in [5.74, 6) is 2.96. The molecule has 1 N–H and O–H groups in total. The van der Waals surface area contributed by atoms with Crippen LogP contribution in [0.2, 0.25) is 0 Å². The van der Waals surface area contributed by atoms with Crippen molar-refractivity contribution >= 4 is 21.8 Å². The van der Waals surface area contributed by atoms with Gasteiger partial charge in [-0.15, -0.1) is 0 Å². The van der Waals surface area contributed by atoms with Crippen molar-refractivity contribution in [2.75, 3.05) is 44.0 Å². The van der Waals surface area contributed by atoms with E-state index in [9.17, 15) is 8.42 Å². The molecule has 0 radical (unpaired) electrons. The van der Waals surface area contributed by atoms with E-state index in [1.807, 2.05) is 42.1 Å². The number of methoxy groups -OCH3 is 1. The number of hydrogen-bond donors (Lipinski definition) is 1. The van der Waals surface area contributed by atoms with Crippen molar-refractivity contribution in [2.45, 2.75) is 12.5 Å². The molecule has 2 aromatic rings. The minimum Gasteiger partial charge on any atom is -0.497 e. The highest BCUT2D eigenvalue weighted by Crippen LogP contribution is 2.24. The average Bonchev–Trinajstić information content (AvgIpc) is 3.22. The summed E-state index contributed by atoms with van der Waals surface area (Å²) in [4.78, 5) is 2.33. The highest BCUT2D eigenvalue weighted by Gasteiger charge is 2.25. The lowest BCUT2D eigenvalue weighted by Crippen LogP contribution is -2.42. The minimum atomic E-state index is -3.36. The Hall–Kier alpha value is -1.48. The van der Waals surface area contributed by atoms with Crippen LogP contribution in [0.25, 0.3) is 0 Å². The largest absolute Gasteiger partial charge is 0.497 e. The van der Waals surface area contributed by atoms with Gasteiger partial charge in [0.05, 0.1) is 31.4 Å². The number of rotatable bonds is 9. The van der Waals surface area contributed by atoms with Crippen LogP contribution in [0.5, 0.6) is 5.75 Å². The molecule has 1 aromatic heterocycles. The molecular formula is C19H26N2O4S2. The number of thioether (sulfide) groups is 1. The van der Waals surface area contributed by atoms with E-state index in [4.69, 9.17) is 9.15 Å². The number of aryl methyl sites for hydroxylation is 1. The molecule has 1 aliphatic rings. The summed E-state index contributed by atoms with van der Waals surface area (Å²) in [6.45, 7) is 2.26. The van der Waals surface area contributed by atoms with Crippen molar-refractivity contribution in [1.29, 1.82) is 0 Å². The van der Waals surface area contributed by atoms with Gasteiger partial charge in [-0.25, -0.2) is 13.1 Å². The Labute approximate surface area is 165 Å². The van der Waals surface area contributed by atoms with E-state index in [-0.39, 0.29) is 11.8 Å². The zero-order chi connectivity index (χ0) is 19.1. The highest BCUT2D eigenvalue weighted by atomic mass is 32.2. The first-order chi connectivity index (χ1) is 13.1. The molecule has 1 atom stereocenters. The smallest absolute Gasteiger partial charge is 0.211 e. The van der Waals surface area contributed by atoms with Gasteiger partial charge < -0.3 is 9.15 Å². The number of furan rings is 1. The second-order valence-corrected chi connectivity index (χ2v) is 9.64. The third-order valence-corrected chi connectivity index (χ3v) is 7.02. The van der Waals surface area contributed by atoms with E-state index < -0.39 is 10.0 Å². The Bertz CT molecular complexity index is 786. The number of benzene rings is 1. The first kappa shape index (κ1) is 20.3. The van der Waals surface area contributed by atoms with E-state index in [2.05, 4.69) is 9.62 Å². The molecule has 27 heavy (non-hydrogen) atoms. The summed E-state index contributed by atoms with van der Waals surface area (Å²) >= 11 is 1.93. The molecule has 0 aliphatic carbocycles. The van der Waals surface area contributed by atoms with Crippen molar-refractivity contribution in [3.05, 3.63) is 54.0 Å². The lowest BCUT2D eigenvalue weighted by Gasteiger charge is -2.33. The van der Waals surface area contributed by atoms with Gasteiger partial charge in [-0.05, 0) is 30.2 Å². The van der Waals surface area contributed by atoms with Crippen molar-refractivity contribution < 1.29 is 17.6 Å². The van der Waals surface area contributed by atoms with E-state index in [1.54, 1.807) is 19.6 Å². The van der Waals surface area contributed by atoms with Crippen molar-refractivity contribution in [2.24, 2.45) is 0 Å². The molecule has 0 bridgehead atoms. The Balaban J connectivity index is 1.57. The topological polar surface area (TPSA) is 71.8 Å². The molecule has 1 fully saturated rings. The Morgan fingerprint density at radius 3 is 2.59 bits per heavy atom. The first-order valence-corrected chi connectivity index (χ1v) is 11.8. The van der Waals surface area contributed by atoms with Crippen LogP contribution in [-0.4, -0.2) is 57.3 Å². The number of nitrogens with zero attached hydrogens (tertiary/aromatic N) is 1. The van der Waals surface area contributed by atoms with Crippen LogP contribution in [0.3, 0.4) is 0 Å². The third-order valence-electron chi connectivity index (χ3n) is 4.73. The van der Waals surface area contributed by atoms with Gasteiger partial charge in [0.1, 0.15) is 5.75 Å². The van der Waals surface area contributed by atoms with E-state index in [0.717, 1.165) is 41.5 Å². The lowest BCUT2D eigenvalue weighted by atomic mass is 10.1. The maximum atomic E-state index is 12.5. The van der Waals surface area contributed by atoms with E-state index in [0.29, 0.717) is 13.0 Å². The molecule has 2 heterocycles. The van der Waals surface area contributed by atoms with Crippen molar-refractivity contribution in [3.8, 4) is 5.75 Å². The summed E-state index contributed by atoms with van der Waals surface area (Å²) in [6, 6.07) is 9.40. The van der Waals surface area contributed by atoms with Crippen molar-refractivity contribution in [3.63, 3.8) is 0 Å². The molecule has 0 unspecified atom stereocenters. The quantitative estimate of drug-likeness (QED) is 0.685. The zero-order valence-electron chi connectivity index (χ0n) is 15.5. The standard InChI is InChI=1S/C19H26N2O4S2/c1-24-18-4-2-16(3-5-18)7-13-27(22,23)20-14-19(17-6-10-25-15-17)21-8-11-26-12-9-21/h2-6,10,15,19-20H,7-9,11-14H2,1H3/t19-/m0/s1. The minimum absolute atomic E-state index is 0.000381. The Morgan fingerprint density at radius 1 is 1.22 bits per heavy atom. The predicted octanol–water partition coefficient (Wildman–Crippen LogP) is 2.54. The van der Waals surface area contributed by atoms with Crippen molar-refractivity contribution in [1.82, 2.24) is 9.62 Å². The predicted molar refractivity (Wildman–Crippen MR) is 109 cm³/mol. The average molecular weight is 411 g/mol. The fourth-order valence-corrected chi connectivity index (χ4v) is 5.13. The zero-order valence-corrected chi connectivity index (χ0v) is 17.1. The molecule has 8 heteroatoms. The molecule has 3 rings (SSSR count). The summed E-state index contributed by atoms with van der Waals surface area (Å²) in [5.41, 5.74) is 1.99. The molecular weight excluding hydrogens is 384 g/mol. The number of ether oxygens (including phenoxy) is 1. The maximum absolute atomic E-state index is 12.5. The number of hydrogen-bond acceptors (Lipinski definition) is 6. The maximum Gasteiger partial charge on any atom is 0.211 e. The van der Waals surface area contributed by atoms with E-state index >= 15 is 0 Å². The number of nitrogens with one attached hydrogen (secondary N) is 1.